The van der Waals surface area contributed by atoms with Crippen LogP contribution in [-0.2, 0) is 9.53 Å². The molecule has 3 aromatic rings. The van der Waals surface area contributed by atoms with E-state index < -0.39 is 5.54 Å². The SMILES string of the molecule is CC(C)(C)OCC[C@H](NC(=O)C1(N)CCN(c2ncnc3[nH]ccc23)CC1)c1ccc(Cl)cc1. The molecule has 34 heavy (non-hydrogen) atoms. The number of anilines is 1. The summed E-state index contributed by atoms with van der Waals surface area (Å²) in [5, 5.41) is 4.82. The second-order valence-electron chi connectivity index (χ2n) is 9.91. The molecule has 0 saturated carbocycles. The maximum Gasteiger partial charge on any atom is 0.240 e. The molecule has 3 heterocycles. The summed E-state index contributed by atoms with van der Waals surface area (Å²) >= 11 is 6.08. The number of hydrogen-bond donors (Lipinski definition) is 3. The molecule has 0 bridgehead atoms. The fourth-order valence-corrected chi connectivity index (χ4v) is 4.38. The summed E-state index contributed by atoms with van der Waals surface area (Å²) < 4.78 is 5.92. The summed E-state index contributed by atoms with van der Waals surface area (Å²) in [5.74, 6) is 0.726. The minimum atomic E-state index is -0.948. The summed E-state index contributed by atoms with van der Waals surface area (Å²) in [4.78, 5) is 27.4. The van der Waals surface area contributed by atoms with Crippen molar-refractivity contribution in [3.63, 3.8) is 0 Å². The Morgan fingerprint density at radius 2 is 1.94 bits per heavy atom. The van der Waals surface area contributed by atoms with Crippen molar-refractivity contribution in [1.29, 1.82) is 0 Å². The predicted molar refractivity (Wildman–Crippen MR) is 135 cm³/mol. The molecule has 1 amide bonds. The first-order valence-electron chi connectivity index (χ1n) is 11.7. The van der Waals surface area contributed by atoms with E-state index in [9.17, 15) is 4.79 Å². The number of nitrogens with zero attached hydrogens (tertiary/aromatic N) is 3. The van der Waals surface area contributed by atoms with Gasteiger partial charge in [0.05, 0.1) is 22.6 Å². The third-order valence-corrected chi connectivity index (χ3v) is 6.51. The number of amides is 1. The second-order valence-corrected chi connectivity index (χ2v) is 10.3. The number of hydrogen-bond acceptors (Lipinski definition) is 6. The normalized spacial score (nSPS) is 17.0. The zero-order valence-corrected chi connectivity index (χ0v) is 20.7. The lowest BCUT2D eigenvalue weighted by Crippen LogP contribution is -2.60. The number of piperidine rings is 1. The van der Waals surface area contributed by atoms with Crippen LogP contribution in [0.4, 0.5) is 5.82 Å². The van der Waals surface area contributed by atoms with Crippen LogP contribution in [0.25, 0.3) is 11.0 Å². The molecule has 0 aliphatic carbocycles. The highest BCUT2D eigenvalue weighted by Gasteiger charge is 2.39. The monoisotopic (exact) mass is 484 g/mol. The quantitative estimate of drug-likeness (QED) is 0.468. The van der Waals surface area contributed by atoms with Crippen molar-refractivity contribution in [3.05, 3.63) is 53.4 Å². The molecule has 1 fully saturated rings. The molecular weight excluding hydrogens is 452 g/mol. The van der Waals surface area contributed by atoms with Gasteiger partial charge in [0.1, 0.15) is 17.8 Å². The number of aromatic nitrogens is 3. The molecule has 0 unspecified atom stereocenters. The van der Waals surface area contributed by atoms with Crippen LogP contribution in [0.3, 0.4) is 0 Å². The fraction of sp³-hybridized carbons (Fsp3) is 0.480. The number of carbonyl (C=O) groups is 1. The smallest absolute Gasteiger partial charge is 0.240 e. The van der Waals surface area contributed by atoms with Crippen LogP contribution in [0.5, 0.6) is 0 Å². The first kappa shape index (κ1) is 24.4. The molecule has 1 saturated heterocycles. The summed E-state index contributed by atoms with van der Waals surface area (Å²) in [6, 6.07) is 9.30. The third kappa shape index (κ3) is 5.68. The number of rotatable bonds is 7. The highest BCUT2D eigenvalue weighted by molar-refractivity contribution is 6.30. The summed E-state index contributed by atoms with van der Waals surface area (Å²) in [5.41, 5.74) is 7.24. The molecule has 9 heteroatoms. The van der Waals surface area contributed by atoms with E-state index in [1.807, 2.05) is 57.3 Å². The van der Waals surface area contributed by atoms with Crippen LogP contribution in [0.15, 0.2) is 42.9 Å². The highest BCUT2D eigenvalue weighted by Crippen LogP contribution is 2.29. The van der Waals surface area contributed by atoms with E-state index in [4.69, 9.17) is 22.1 Å². The van der Waals surface area contributed by atoms with E-state index in [2.05, 4.69) is 25.2 Å². The molecule has 182 valence electrons. The van der Waals surface area contributed by atoms with Crippen molar-refractivity contribution in [2.75, 3.05) is 24.6 Å². The molecular formula is C25H33ClN6O2. The second kappa shape index (κ2) is 9.90. The van der Waals surface area contributed by atoms with E-state index >= 15 is 0 Å². The summed E-state index contributed by atoms with van der Waals surface area (Å²) in [6.45, 7) is 7.85. The fourth-order valence-electron chi connectivity index (χ4n) is 4.26. The Morgan fingerprint density at radius 3 is 2.62 bits per heavy atom. The van der Waals surface area contributed by atoms with Gasteiger partial charge in [-0.15, -0.1) is 0 Å². The van der Waals surface area contributed by atoms with Crippen LogP contribution < -0.4 is 16.0 Å². The molecule has 4 N–H and O–H groups in total. The van der Waals surface area contributed by atoms with Gasteiger partial charge in [-0.3, -0.25) is 4.79 Å². The van der Waals surface area contributed by atoms with Crippen molar-refractivity contribution in [2.24, 2.45) is 5.73 Å². The van der Waals surface area contributed by atoms with E-state index in [-0.39, 0.29) is 17.6 Å². The highest BCUT2D eigenvalue weighted by atomic mass is 35.5. The minimum Gasteiger partial charge on any atom is -0.376 e. The number of nitrogens with two attached hydrogens (primary N) is 1. The molecule has 2 aromatic heterocycles. The lowest BCUT2D eigenvalue weighted by Gasteiger charge is -2.39. The number of ether oxygens (including phenoxy) is 1. The lowest BCUT2D eigenvalue weighted by atomic mass is 9.87. The van der Waals surface area contributed by atoms with Crippen LogP contribution in [0.2, 0.25) is 5.02 Å². The van der Waals surface area contributed by atoms with Crippen LogP contribution in [0.1, 0.15) is 51.6 Å². The van der Waals surface area contributed by atoms with Crippen molar-refractivity contribution in [3.8, 4) is 0 Å². The van der Waals surface area contributed by atoms with Gasteiger partial charge in [0.15, 0.2) is 0 Å². The Morgan fingerprint density at radius 1 is 1.24 bits per heavy atom. The first-order chi connectivity index (χ1) is 16.1. The number of H-pyrrole nitrogens is 1. The number of aromatic amines is 1. The maximum atomic E-state index is 13.4. The Hall–Kier alpha value is -2.68. The third-order valence-electron chi connectivity index (χ3n) is 6.26. The number of fused-ring (bicyclic) bond motifs is 1. The zero-order valence-electron chi connectivity index (χ0n) is 20.0. The van der Waals surface area contributed by atoms with E-state index in [0.717, 1.165) is 22.4 Å². The number of benzene rings is 1. The molecule has 1 aliphatic rings. The number of halogens is 1. The average molecular weight is 485 g/mol. The van der Waals surface area contributed by atoms with Gasteiger partial charge in [0, 0.05) is 30.9 Å². The minimum absolute atomic E-state index is 0.141. The Labute approximate surface area is 205 Å². The molecule has 0 spiro atoms. The number of carbonyl (C=O) groups excluding carboxylic acids is 1. The molecule has 8 nitrogen and oxygen atoms in total. The van der Waals surface area contributed by atoms with E-state index in [1.54, 1.807) is 6.33 Å². The largest absolute Gasteiger partial charge is 0.376 e. The van der Waals surface area contributed by atoms with Gasteiger partial charge in [-0.1, -0.05) is 23.7 Å². The Kier molecular flexibility index (Phi) is 7.12. The van der Waals surface area contributed by atoms with Gasteiger partial charge in [-0.05, 0) is 63.8 Å². The average Bonchev–Trinajstić information content (AvgIpc) is 3.28. The van der Waals surface area contributed by atoms with Crippen LogP contribution in [0, 0.1) is 0 Å². The van der Waals surface area contributed by atoms with Crippen molar-refractivity contribution >= 4 is 34.4 Å². The number of nitrogens with one attached hydrogen (secondary N) is 2. The van der Waals surface area contributed by atoms with Gasteiger partial charge in [0.25, 0.3) is 0 Å². The van der Waals surface area contributed by atoms with Crippen LogP contribution in [-0.4, -0.2) is 51.7 Å². The maximum absolute atomic E-state index is 13.4. The summed E-state index contributed by atoms with van der Waals surface area (Å²) in [6.07, 6.45) is 5.11. The predicted octanol–water partition coefficient (Wildman–Crippen LogP) is 3.97. The van der Waals surface area contributed by atoms with Crippen molar-refractivity contribution < 1.29 is 9.53 Å². The van der Waals surface area contributed by atoms with Gasteiger partial charge in [-0.2, -0.15) is 0 Å². The molecule has 1 aromatic carbocycles. The summed E-state index contributed by atoms with van der Waals surface area (Å²) in [7, 11) is 0. The molecule has 4 rings (SSSR count). The van der Waals surface area contributed by atoms with E-state index in [0.29, 0.717) is 44.0 Å². The molecule has 1 aliphatic heterocycles. The Balaban J connectivity index is 1.43. The Bertz CT molecular complexity index is 1120. The van der Waals surface area contributed by atoms with Crippen molar-refractivity contribution in [1.82, 2.24) is 20.3 Å². The van der Waals surface area contributed by atoms with Crippen LogP contribution >= 0.6 is 11.6 Å². The van der Waals surface area contributed by atoms with Gasteiger partial charge in [0.2, 0.25) is 5.91 Å². The lowest BCUT2D eigenvalue weighted by molar-refractivity contribution is -0.128. The first-order valence-corrected chi connectivity index (χ1v) is 12.0. The standard InChI is InChI=1S/C25H33ClN6O2/c1-24(2,3)34-15-9-20(17-4-6-18(26)7-5-17)31-23(33)25(27)10-13-32(14-11-25)22-19-8-12-28-21(19)29-16-30-22/h4-8,12,16,20H,9-11,13-15,27H2,1-3H3,(H,31,33)(H,28,29,30)/t20-/m0/s1. The van der Waals surface area contributed by atoms with Gasteiger partial charge in [-0.25, -0.2) is 9.97 Å². The zero-order chi connectivity index (χ0) is 24.3. The van der Waals surface area contributed by atoms with E-state index in [1.165, 1.54) is 0 Å². The molecule has 0 radical (unpaired) electrons. The van der Waals surface area contributed by atoms with Gasteiger partial charge < -0.3 is 25.7 Å². The molecule has 1 atom stereocenters. The van der Waals surface area contributed by atoms with Gasteiger partial charge >= 0.3 is 0 Å². The topological polar surface area (TPSA) is 109 Å². The van der Waals surface area contributed by atoms with Crippen molar-refractivity contribution in [2.45, 2.75) is 57.2 Å².